The molecule has 2 atom stereocenters. The lowest BCUT2D eigenvalue weighted by Gasteiger charge is -2.31. The molecule has 2 aromatic heterocycles. The van der Waals surface area contributed by atoms with Crippen LogP contribution in [0.25, 0.3) is 22.2 Å². The van der Waals surface area contributed by atoms with Crippen molar-refractivity contribution in [1.29, 1.82) is 5.41 Å². The first-order valence-electron chi connectivity index (χ1n) is 16.4. The van der Waals surface area contributed by atoms with Crippen LogP contribution in [0.1, 0.15) is 62.5 Å². The molecule has 3 aromatic rings. The molecule has 1 aliphatic carbocycles. The average molecular weight is 666 g/mol. The molecule has 4 N–H and O–H groups in total. The zero-order valence-electron chi connectivity index (χ0n) is 26.8. The van der Waals surface area contributed by atoms with Gasteiger partial charge in [0.05, 0.1) is 25.4 Å². The van der Waals surface area contributed by atoms with E-state index in [0.717, 1.165) is 63.4 Å². The second-order valence-electron chi connectivity index (χ2n) is 13.1. The minimum atomic E-state index is -0.685. The summed E-state index contributed by atoms with van der Waals surface area (Å²) in [7, 11) is 1.49. The van der Waals surface area contributed by atoms with Crippen LogP contribution in [-0.4, -0.2) is 95.9 Å². The number of hydrogen-bond donors (Lipinski definition) is 3. The van der Waals surface area contributed by atoms with Gasteiger partial charge < -0.3 is 35.4 Å². The summed E-state index contributed by atoms with van der Waals surface area (Å²) in [5.41, 5.74) is 8.99. The number of aliphatic hydroxyl groups excluding tert-OH is 1. The zero-order chi connectivity index (χ0) is 32.9. The molecular weight excluding hydrogens is 625 g/mol. The normalized spacial score (nSPS) is 23.3. The number of pyridine rings is 1. The molecule has 250 valence electrons. The van der Waals surface area contributed by atoms with E-state index in [0.29, 0.717) is 60.3 Å². The van der Waals surface area contributed by atoms with Gasteiger partial charge in [-0.05, 0) is 69.5 Å². The van der Waals surface area contributed by atoms with Crippen molar-refractivity contribution in [3.8, 4) is 23.1 Å². The Morgan fingerprint density at radius 2 is 2.06 bits per heavy atom. The van der Waals surface area contributed by atoms with Crippen molar-refractivity contribution in [2.75, 3.05) is 63.7 Å². The van der Waals surface area contributed by atoms with Crippen molar-refractivity contribution in [2.45, 2.75) is 63.0 Å². The highest BCUT2D eigenvalue weighted by molar-refractivity contribution is 6.32. The van der Waals surface area contributed by atoms with Crippen molar-refractivity contribution in [2.24, 2.45) is 0 Å². The predicted molar refractivity (Wildman–Crippen MR) is 180 cm³/mol. The number of aliphatic hydroxyl groups is 1. The maximum atomic E-state index is 17.1. The smallest absolute Gasteiger partial charge is 0.319 e. The molecule has 3 saturated heterocycles. The van der Waals surface area contributed by atoms with E-state index in [1.165, 1.54) is 12.7 Å². The minimum absolute atomic E-state index is 0.00938. The van der Waals surface area contributed by atoms with Gasteiger partial charge in [0.15, 0.2) is 5.82 Å². The molecule has 7 rings (SSSR count). The molecule has 3 aliphatic heterocycles. The molecule has 0 spiro atoms. The van der Waals surface area contributed by atoms with E-state index in [1.807, 2.05) is 11.0 Å². The molecule has 4 aliphatic rings. The Bertz CT molecular complexity index is 1740. The number of methoxy groups -OCH3 is 1. The average Bonchev–Trinajstić information content (AvgIpc) is 3.79. The Balaban J connectivity index is 1.38. The fraction of sp³-hybridized carbons (Fsp3) is 0.529. The van der Waals surface area contributed by atoms with Crippen molar-refractivity contribution in [3.63, 3.8) is 0 Å². The third kappa shape index (κ3) is 5.90. The molecule has 0 radical (unpaired) electrons. The van der Waals surface area contributed by atoms with E-state index in [9.17, 15) is 5.11 Å². The Hall–Kier alpha value is -3.58. The molecule has 2 unspecified atom stereocenters. The van der Waals surface area contributed by atoms with Crippen LogP contribution in [-0.2, 0) is 4.74 Å². The third-order valence-electron chi connectivity index (χ3n) is 9.82. The highest BCUT2D eigenvalue weighted by atomic mass is 35.5. The van der Waals surface area contributed by atoms with Crippen LogP contribution in [0.2, 0.25) is 5.02 Å². The van der Waals surface area contributed by atoms with Crippen LogP contribution in [0.3, 0.4) is 0 Å². The van der Waals surface area contributed by atoms with Gasteiger partial charge in [0, 0.05) is 54.3 Å². The first-order valence-corrected chi connectivity index (χ1v) is 16.8. The topological polar surface area (TPSA) is 143 Å². The second-order valence-corrected chi connectivity index (χ2v) is 13.5. The van der Waals surface area contributed by atoms with Crippen molar-refractivity contribution in [3.05, 3.63) is 39.7 Å². The first kappa shape index (κ1) is 32.0. The number of anilines is 2. The van der Waals surface area contributed by atoms with E-state index in [2.05, 4.69) is 4.90 Å². The van der Waals surface area contributed by atoms with Crippen LogP contribution in [0, 0.1) is 11.2 Å². The lowest BCUT2D eigenvalue weighted by atomic mass is 9.93. The van der Waals surface area contributed by atoms with Crippen LogP contribution >= 0.6 is 11.6 Å². The molecule has 0 bridgehead atoms. The molecule has 47 heavy (non-hydrogen) atoms. The number of nitrogen functional groups attached to an aromatic ring is 1. The molecule has 1 saturated carbocycles. The fourth-order valence-electron chi connectivity index (χ4n) is 7.58. The van der Waals surface area contributed by atoms with E-state index in [4.69, 9.17) is 51.9 Å². The summed E-state index contributed by atoms with van der Waals surface area (Å²) in [5.74, 6) is 0.0521. The minimum Gasteiger partial charge on any atom is -0.480 e. The zero-order valence-corrected chi connectivity index (χ0v) is 27.6. The number of aromatic nitrogens is 3. The van der Waals surface area contributed by atoms with Crippen LogP contribution < -0.4 is 20.1 Å². The highest BCUT2D eigenvalue weighted by Gasteiger charge is 2.47. The van der Waals surface area contributed by atoms with Gasteiger partial charge in [-0.15, -0.1) is 0 Å². The number of nitrogens with one attached hydrogen (secondary N) is 1. The molecule has 13 heteroatoms. The van der Waals surface area contributed by atoms with Crippen molar-refractivity contribution >= 4 is 40.2 Å². The number of hydrogen-bond acceptors (Lipinski definition) is 11. The Morgan fingerprint density at radius 1 is 1.23 bits per heavy atom. The van der Waals surface area contributed by atoms with E-state index >= 15 is 4.39 Å². The summed E-state index contributed by atoms with van der Waals surface area (Å²) in [6, 6.07) is 1.68. The SMILES string of the molecule is COc1nc(-c2c(C=N)c(N)cc(Cl)c2C2CC2)c(F)c2nc(OCC34CCCN3C/C(=C\C(C)O)C4)nc(N3CCCOCC3)c12. The van der Waals surface area contributed by atoms with Gasteiger partial charge in [0.1, 0.15) is 29.0 Å². The maximum absolute atomic E-state index is 17.1. The van der Waals surface area contributed by atoms with Gasteiger partial charge in [-0.25, -0.2) is 9.37 Å². The number of halogens is 2. The van der Waals surface area contributed by atoms with Crippen molar-refractivity contribution in [1.82, 2.24) is 19.9 Å². The van der Waals surface area contributed by atoms with Gasteiger partial charge in [-0.2, -0.15) is 9.97 Å². The highest BCUT2D eigenvalue weighted by Crippen LogP contribution is 2.51. The number of nitrogens with zero attached hydrogens (tertiary/aromatic N) is 5. The Morgan fingerprint density at radius 3 is 2.81 bits per heavy atom. The summed E-state index contributed by atoms with van der Waals surface area (Å²) in [4.78, 5) is 18.7. The molecule has 11 nitrogen and oxygen atoms in total. The van der Waals surface area contributed by atoms with Crippen LogP contribution in [0.15, 0.2) is 17.7 Å². The summed E-state index contributed by atoms with van der Waals surface area (Å²) < 4.78 is 35.1. The molecule has 5 heterocycles. The Labute approximate surface area is 278 Å². The standard InChI is InChI=1S/C34H41ClFN7O4/c1-19(44)13-20-15-34(7-3-9-43(34)17-20)18-47-33-40-30-27(31(41-33)42-8-4-11-46-12-10-42)32(45-2)39-29(28(30)36)26-22(16-37)24(38)14-23(35)25(26)21-5-6-21/h13-14,16,19,21,37,44H,3-12,15,17-18,38H2,1-2H3/b20-13-,37-16?. The molecular formula is C34H41ClFN7O4. The molecule has 0 amide bonds. The summed E-state index contributed by atoms with van der Waals surface area (Å²) >= 11 is 6.72. The van der Waals surface area contributed by atoms with E-state index in [1.54, 1.807) is 13.0 Å². The van der Waals surface area contributed by atoms with Gasteiger partial charge in [0.25, 0.3) is 0 Å². The van der Waals surface area contributed by atoms with Crippen molar-refractivity contribution < 1.29 is 23.7 Å². The first-order chi connectivity index (χ1) is 22.7. The number of benzene rings is 1. The monoisotopic (exact) mass is 665 g/mol. The number of rotatable bonds is 9. The van der Waals surface area contributed by atoms with E-state index < -0.39 is 11.9 Å². The second kappa shape index (κ2) is 12.8. The maximum Gasteiger partial charge on any atom is 0.319 e. The molecule has 4 fully saturated rings. The fourth-order valence-corrected chi connectivity index (χ4v) is 7.95. The number of nitrogens with two attached hydrogens (primary N) is 1. The van der Waals surface area contributed by atoms with Crippen LogP contribution in [0.4, 0.5) is 15.9 Å². The van der Waals surface area contributed by atoms with Crippen LogP contribution in [0.5, 0.6) is 11.9 Å². The number of fused-ring (bicyclic) bond motifs is 2. The van der Waals surface area contributed by atoms with E-state index in [-0.39, 0.29) is 40.2 Å². The molecule has 1 aromatic carbocycles. The summed E-state index contributed by atoms with van der Waals surface area (Å²) in [6.07, 6.45) is 7.86. The largest absolute Gasteiger partial charge is 0.480 e. The summed E-state index contributed by atoms with van der Waals surface area (Å²) in [5, 5.41) is 18.9. The van der Waals surface area contributed by atoms with Gasteiger partial charge in [0.2, 0.25) is 5.88 Å². The lowest BCUT2D eigenvalue weighted by molar-refractivity contribution is 0.108. The predicted octanol–water partition coefficient (Wildman–Crippen LogP) is 5.10. The summed E-state index contributed by atoms with van der Waals surface area (Å²) in [6.45, 7) is 6.10. The van der Waals surface area contributed by atoms with Gasteiger partial charge >= 0.3 is 6.01 Å². The number of ether oxygens (including phenoxy) is 3. The Kier molecular flexibility index (Phi) is 8.71. The van der Waals surface area contributed by atoms with Gasteiger partial charge in [-0.1, -0.05) is 23.3 Å². The lowest BCUT2D eigenvalue weighted by Crippen LogP contribution is -2.43. The quantitative estimate of drug-likeness (QED) is 0.160. The third-order valence-corrected chi connectivity index (χ3v) is 10.1. The van der Waals surface area contributed by atoms with Gasteiger partial charge in [-0.3, -0.25) is 4.90 Å².